The first-order chi connectivity index (χ1) is 8.81. The Hall–Kier alpha value is -1.00. The molecule has 94 valence electrons. The Kier molecular flexibility index (Phi) is 3.31. The van der Waals surface area contributed by atoms with Crippen molar-refractivity contribution >= 4 is 24.0 Å². The van der Waals surface area contributed by atoms with Crippen molar-refractivity contribution < 1.29 is 4.74 Å². The predicted molar refractivity (Wildman–Crippen MR) is 78.8 cm³/mol. The van der Waals surface area contributed by atoms with Crippen LogP contribution in [-0.2, 0) is 5.75 Å². The van der Waals surface area contributed by atoms with Gasteiger partial charge >= 0.3 is 0 Å². The summed E-state index contributed by atoms with van der Waals surface area (Å²) in [5.74, 6) is 2.36. The minimum atomic E-state index is 0.690. The fraction of sp³-hybridized carbons (Fsp3) is 0.357. The highest BCUT2D eigenvalue weighted by Gasteiger charge is 2.29. The molecule has 1 aliphatic rings. The van der Waals surface area contributed by atoms with Crippen LogP contribution >= 0.6 is 24.0 Å². The third-order valence-corrected chi connectivity index (χ3v) is 4.82. The Bertz CT molecular complexity index is 543. The van der Waals surface area contributed by atoms with Gasteiger partial charge in [0.1, 0.15) is 10.8 Å². The van der Waals surface area contributed by atoms with Gasteiger partial charge in [0.2, 0.25) is 0 Å². The second-order valence-electron chi connectivity index (χ2n) is 4.49. The maximum Gasteiger partial charge on any atom is 0.123 e. The van der Waals surface area contributed by atoms with Crippen molar-refractivity contribution in [2.75, 3.05) is 7.11 Å². The molecule has 18 heavy (non-hydrogen) atoms. The molecule has 0 atom stereocenters. The van der Waals surface area contributed by atoms with E-state index in [1.165, 1.54) is 23.4 Å². The van der Waals surface area contributed by atoms with E-state index in [0.717, 1.165) is 22.1 Å². The van der Waals surface area contributed by atoms with Crippen LogP contribution in [0.5, 0.6) is 5.75 Å². The van der Waals surface area contributed by atoms with Crippen LogP contribution in [0.1, 0.15) is 29.3 Å². The summed E-state index contributed by atoms with van der Waals surface area (Å²) in [6.07, 6.45) is 2.57. The topological polar surface area (TPSA) is 22.1 Å². The molecule has 4 heteroatoms. The van der Waals surface area contributed by atoms with E-state index in [0.29, 0.717) is 5.92 Å². The number of benzene rings is 1. The number of rotatable bonds is 4. The SMILES string of the molecule is COc1ccc(-c2nc(C3CC3)c(CS)s2)cc1. The van der Waals surface area contributed by atoms with Crippen LogP contribution in [-0.4, -0.2) is 12.1 Å². The first-order valence-electron chi connectivity index (χ1n) is 6.06. The van der Waals surface area contributed by atoms with E-state index < -0.39 is 0 Å². The summed E-state index contributed by atoms with van der Waals surface area (Å²) >= 11 is 6.18. The summed E-state index contributed by atoms with van der Waals surface area (Å²) in [5.41, 5.74) is 2.44. The highest BCUT2D eigenvalue weighted by molar-refractivity contribution is 7.79. The number of ether oxygens (including phenoxy) is 1. The standard InChI is InChI=1S/C14H15NOS2/c1-16-11-6-4-10(5-7-11)14-15-13(9-2-3-9)12(8-17)18-14/h4-7,9,17H,2-3,8H2,1H3. The van der Waals surface area contributed by atoms with Gasteiger partial charge in [-0.2, -0.15) is 12.6 Å². The quantitative estimate of drug-likeness (QED) is 0.849. The molecule has 2 aromatic rings. The van der Waals surface area contributed by atoms with Crippen LogP contribution in [0.2, 0.25) is 0 Å². The normalized spacial score (nSPS) is 14.8. The molecule has 1 aromatic carbocycles. The molecule has 0 radical (unpaired) electrons. The Morgan fingerprint density at radius 1 is 1.33 bits per heavy atom. The van der Waals surface area contributed by atoms with Crippen LogP contribution in [0, 0.1) is 0 Å². The molecule has 3 rings (SSSR count). The Morgan fingerprint density at radius 2 is 2.06 bits per heavy atom. The molecule has 1 aliphatic carbocycles. The largest absolute Gasteiger partial charge is 0.497 e. The van der Waals surface area contributed by atoms with Crippen molar-refractivity contribution in [1.82, 2.24) is 4.98 Å². The van der Waals surface area contributed by atoms with Crippen LogP contribution in [0.4, 0.5) is 0 Å². The van der Waals surface area contributed by atoms with Crippen molar-refractivity contribution in [2.45, 2.75) is 24.5 Å². The van der Waals surface area contributed by atoms with E-state index in [2.05, 4.69) is 24.8 Å². The van der Waals surface area contributed by atoms with E-state index in [1.54, 1.807) is 18.4 Å². The number of thiol groups is 1. The van der Waals surface area contributed by atoms with Gasteiger partial charge in [0.15, 0.2) is 0 Å². The van der Waals surface area contributed by atoms with E-state index in [4.69, 9.17) is 9.72 Å². The highest BCUT2D eigenvalue weighted by atomic mass is 32.1. The Balaban J connectivity index is 1.95. The minimum Gasteiger partial charge on any atom is -0.497 e. The van der Waals surface area contributed by atoms with Crippen molar-refractivity contribution in [3.8, 4) is 16.3 Å². The second kappa shape index (κ2) is 4.94. The molecule has 0 saturated heterocycles. The number of hydrogen-bond acceptors (Lipinski definition) is 4. The van der Waals surface area contributed by atoms with Crippen molar-refractivity contribution in [3.05, 3.63) is 34.8 Å². The molecule has 1 heterocycles. The van der Waals surface area contributed by atoms with Gasteiger partial charge in [-0.1, -0.05) is 0 Å². The van der Waals surface area contributed by atoms with E-state index in [1.807, 2.05) is 12.1 Å². The lowest BCUT2D eigenvalue weighted by Gasteiger charge is -2.00. The zero-order valence-corrected chi connectivity index (χ0v) is 11.9. The molecular weight excluding hydrogens is 262 g/mol. The van der Waals surface area contributed by atoms with Gasteiger partial charge in [0.05, 0.1) is 12.8 Å². The van der Waals surface area contributed by atoms with Gasteiger partial charge in [-0.25, -0.2) is 4.98 Å². The molecule has 2 nitrogen and oxygen atoms in total. The van der Waals surface area contributed by atoms with Crippen LogP contribution in [0.25, 0.3) is 10.6 Å². The molecule has 1 aromatic heterocycles. The summed E-state index contributed by atoms with van der Waals surface area (Å²) in [5, 5.41) is 1.10. The van der Waals surface area contributed by atoms with Crippen LogP contribution < -0.4 is 4.74 Å². The lowest BCUT2D eigenvalue weighted by Crippen LogP contribution is -1.85. The number of aromatic nitrogens is 1. The first-order valence-corrected chi connectivity index (χ1v) is 7.51. The van der Waals surface area contributed by atoms with Gasteiger partial charge < -0.3 is 4.74 Å². The molecule has 0 amide bonds. The summed E-state index contributed by atoms with van der Waals surface area (Å²) in [7, 11) is 1.68. The summed E-state index contributed by atoms with van der Waals surface area (Å²) in [6.45, 7) is 0. The summed E-state index contributed by atoms with van der Waals surface area (Å²) in [4.78, 5) is 6.12. The van der Waals surface area contributed by atoms with E-state index in [-0.39, 0.29) is 0 Å². The molecule has 0 bridgehead atoms. The Morgan fingerprint density at radius 3 is 2.61 bits per heavy atom. The zero-order chi connectivity index (χ0) is 12.5. The third kappa shape index (κ3) is 2.27. The lowest BCUT2D eigenvalue weighted by molar-refractivity contribution is 0.415. The maximum absolute atomic E-state index is 5.17. The lowest BCUT2D eigenvalue weighted by atomic mass is 10.2. The minimum absolute atomic E-state index is 0.690. The fourth-order valence-corrected chi connectivity index (χ4v) is 3.38. The van der Waals surface area contributed by atoms with E-state index >= 15 is 0 Å². The highest BCUT2D eigenvalue weighted by Crippen LogP contribution is 2.44. The monoisotopic (exact) mass is 277 g/mol. The summed E-state index contributed by atoms with van der Waals surface area (Å²) < 4.78 is 5.17. The van der Waals surface area contributed by atoms with E-state index in [9.17, 15) is 0 Å². The number of methoxy groups -OCH3 is 1. The third-order valence-electron chi connectivity index (χ3n) is 3.17. The molecule has 0 aliphatic heterocycles. The van der Waals surface area contributed by atoms with Gasteiger partial charge in [0, 0.05) is 22.1 Å². The number of nitrogens with zero attached hydrogens (tertiary/aromatic N) is 1. The van der Waals surface area contributed by atoms with Crippen molar-refractivity contribution in [1.29, 1.82) is 0 Å². The average molecular weight is 277 g/mol. The van der Waals surface area contributed by atoms with Crippen molar-refractivity contribution in [3.63, 3.8) is 0 Å². The average Bonchev–Trinajstić information content (AvgIpc) is 3.18. The van der Waals surface area contributed by atoms with Gasteiger partial charge in [-0.15, -0.1) is 11.3 Å². The molecule has 0 spiro atoms. The van der Waals surface area contributed by atoms with Gasteiger partial charge in [-0.3, -0.25) is 0 Å². The first kappa shape index (κ1) is 12.1. The molecule has 1 fully saturated rings. The molecule has 0 unspecified atom stereocenters. The molecular formula is C14H15NOS2. The van der Waals surface area contributed by atoms with Crippen molar-refractivity contribution in [2.24, 2.45) is 0 Å². The maximum atomic E-state index is 5.17. The fourth-order valence-electron chi connectivity index (χ4n) is 2.01. The number of thiazole rings is 1. The Labute approximate surface area is 116 Å². The smallest absolute Gasteiger partial charge is 0.123 e. The molecule has 1 saturated carbocycles. The number of hydrogen-bond donors (Lipinski definition) is 1. The van der Waals surface area contributed by atoms with Crippen LogP contribution in [0.3, 0.4) is 0 Å². The second-order valence-corrected chi connectivity index (χ2v) is 5.89. The predicted octanol–water partition coefficient (Wildman–Crippen LogP) is 4.13. The molecule has 0 N–H and O–H groups in total. The summed E-state index contributed by atoms with van der Waals surface area (Å²) in [6, 6.07) is 8.09. The van der Waals surface area contributed by atoms with Crippen LogP contribution in [0.15, 0.2) is 24.3 Å². The zero-order valence-electron chi connectivity index (χ0n) is 10.2. The van der Waals surface area contributed by atoms with Gasteiger partial charge in [0.25, 0.3) is 0 Å². The van der Waals surface area contributed by atoms with Gasteiger partial charge in [-0.05, 0) is 37.1 Å².